The normalized spacial score (nSPS) is 15.8. The van der Waals surface area contributed by atoms with E-state index in [9.17, 15) is 35.1 Å². The molecule has 0 aliphatic rings. The van der Waals surface area contributed by atoms with E-state index in [2.05, 4.69) is 4.74 Å². The fourth-order valence-corrected chi connectivity index (χ4v) is 2.14. The third kappa shape index (κ3) is 3.34. The maximum absolute atomic E-state index is 14.1. The number of hydrogen-bond donors (Lipinski definition) is 1. The molecule has 0 amide bonds. The lowest BCUT2D eigenvalue weighted by Gasteiger charge is -2.32. The van der Waals surface area contributed by atoms with Crippen LogP contribution in [0.5, 0.6) is 5.75 Å². The smallest absolute Gasteiger partial charge is 0.433 e. The molecule has 1 unspecified atom stereocenters. The Balaban J connectivity index is 3.62. The largest absolute Gasteiger partial charge is 0.433 e. The molecule has 2 N–H and O–H groups in total. The monoisotopic (exact) mass is 421 g/mol. The van der Waals surface area contributed by atoms with Gasteiger partial charge < -0.3 is 10.5 Å². The van der Waals surface area contributed by atoms with Crippen molar-refractivity contribution in [3.63, 3.8) is 0 Å². The highest BCUT2D eigenvalue weighted by Gasteiger charge is 2.71. The predicted octanol–water partition coefficient (Wildman–Crippen LogP) is 5.24. The quantitative estimate of drug-likeness (QED) is 0.409. The molecule has 1 aromatic carbocycles. The van der Waals surface area contributed by atoms with E-state index in [1.165, 1.54) is 15.9 Å². The molecule has 0 bridgehead atoms. The van der Waals surface area contributed by atoms with Gasteiger partial charge in [0.25, 0.3) is 0 Å². The van der Waals surface area contributed by atoms with Gasteiger partial charge in [-0.25, -0.2) is 4.39 Å². The van der Waals surface area contributed by atoms with E-state index < -0.39 is 45.3 Å². The molecular formula is C10H5BrClF8NO. The molecule has 0 aromatic heterocycles. The summed E-state index contributed by atoms with van der Waals surface area (Å²) >= 11 is 6.67. The van der Waals surface area contributed by atoms with Crippen LogP contribution in [-0.2, 0) is 5.67 Å². The van der Waals surface area contributed by atoms with Crippen LogP contribution in [0.25, 0.3) is 0 Å². The van der Waals surface area contributed by atoms with E-state index in [-0.39, 0.29) is 12.1 Å². The molecule has 0 aliphatic heterocycles. The summed E-state index contributed by atoms with van der Waals surface area (Å²) in [5.74, 6) is -1.17. The number of nitrogen functional groups attached to an aromatic ring is 1. The second kappa shape index (κ2) is 5.91. The minimum Gasteiger partial charge on any atom is -0.433 e. The summed E-state index contributed by atoms with van der Waals surface area (Å²) in [6, 6.07) is 0.133. The molecule has 22 heavy (non-hydrogen) atoms. The first-order chi connectivity index (χ1) is 9.71. The van der Waals surface area contributed by atoms with Gasteiger partial charge in [0.05, 0.1) is 10.7 Å². The number of nitrogens with two attached hydrogens (primary N) is 1. The van der Waals surface area contributed by atoms with Gasteiger partial charge in [-0.1, -0.05) is 11.6 Å². The van der Waals surface area contributed by atoms with E-state index in [1.807, 2.05) is 0 Å². The Morgan fingerprint density at radius 3 is 1.95 bits per heavy atom. The summed E-state index contributed by atoms with van der Waals surface area (Å²) in [4.78, 5) is -5.11. The highest BCUT2D eigenvalue weighted by atomic mass is 79.9. The zero-order valence-corrected chi connectivity index (χ0v) is 12.3. The molecule has 1 aromatic rings. The van der Waals surface area contributed by atoms with Crippen LogP contribution in [0.2, 0.25) is 5.02 Å². The van der Waals surface area contributed by atoms with Gasteiger partial charge in [0.15, 0.2) is 5.75 Å². The third-order valence-electron chi connectivity index (χ3n) is 2.49. The van der Waals surface area contributed by atoms with Crippen molar-refractivity contribution in [1.82, 2.24) is 0 Å². The molecule has 126 valence electrons. The zero-order valence-electron chi connectivity index (χ0n) is 10.00. The molecular weight excluding hydrogens is 417 g/mol. The third-order valence-corrected chi connectivity index (χ3v) is 3.35. The summed E-state index contributed by atoms with van der Waals surface area (Å²) in [6.07, 6.45) is -6.10. The first-order valence-corrected chi connectivity index (χ1v) is 6.25. The lowest BCUT2D eigenvalue weighted by Crippen LogP contribution is -2.49. The van der Waals surface area contributed by atoms with E-state index in [4.69, 9.17) is 17.3 Å². The second-order valence-corrected chi connectivity index (χ2v) is 5.31. The van der Waals surface area contributed by atoms with Crippen molar-refractivity contribution < 1.29 is 39.9 Å². The van der Waals surface area contributed by atoms with Crippen molar-refractivity contribution in [1.29, 1.82) is 0 Å². The van der Waals surface area contributed by atoms with Crippen molar-refractivity contribution >= 4 is 33.2 Å². The van der Waals surface area contributed by atoms with Crippen LogP contribution in [0.15, 0.2) is 12.1 Å². The van der Waals surface area contributed by atoms with Gasteiger partial charge in [-0.05, 0) is 28.1 Å². The Hall–Kier alpha value is -0.970. The Labute approximate surface area is 131 Å². The SMILES string of the molecule is Nc1c(Cl)cc(C(F)(C(F)(F)F)C(F)(F)Br)cc1OC(F)F. The Kier molecular flexibility index (Phi) is 5.13. The molecule has 0 heterocycles. The predicted molar refractivity (Wildman–Crippen MR) is 65.2 cm³/mol. The van der Waals surface area contributed by atoms with Crippen molar-refractivity contribution in [3.05, 3.63) is 22.7 Å². The molecule has 2 nitrogen and oxygen atoms in total. The van der Waals surface area contributed by atoms with Gasteiger partial charge in [0.2, 0.25) is 0 Å². The lowest BCUT2D eigenvalue weighted by molar-refractivity contribution is -0.282. The average molecular weight is 422 g/mol. The molecule has 1 atom stereocenters. The molecule has 0 spiro atoms. The molecule has 0 saturated heterocycles. The first kappa shape index (κ1) is 19.1. The summed E-state index contributed by atoms with van der Waals surface area (Å²) in [5, 5.41) is -0.865. The van der Waals surface area contributed by atoms with E-state index in [1.54, 1.807) is 0 Å². The zero-order chi connectivity index (χ0) is 17.5. The van der Waals surface area contributed by atoms with Gasteiger partial charge in [-0.2, -0.15) is 30.7 Å². The number of alkyl halides is 9. The van der Waals surface area contributed by atoms with Crippen molar-refractivity contribution in [2.75, 3.05) is 5.73 Å². The number of hydrogen-bond acceptors (Lipinski definition) is 2. The standard InChI is InChI=1S/C10H5BrClF8NO/c11-9(16,17)8(15,10(18,19)20)3-1-4(12)6(21)5(2-3)22-7(13)14/h1-2,7H,21H2. The fraction of sp³-hybridized carbons (Fsp3) is 0.400. The van der Waals surface area contributed by atoms with Crippen molar-refractivity contribution in [2.45, 2.75) is 23.3 Å². The average Bonchev–Trinajstić information content (AvgIpc) is 2.30. The Bertz CT molecular complexity index is 545. The van der Waals surface area contributed by atoms with Crippen molar-refractivity contribution in [3.8, 4) is 5.75 Å². The van der Waals surface area contributed by atoms with Crippen molar-refractivity contribution in [2.24, 2.45) is 0 Å². The fourth-order valence-electron chi connectivity index (χ4n) is 1.47. The first-order valence-electron chi connectivity index (χ1n) is 5.08. The molecule has 12 heteroatoms. The van der Waals surface area contributed by atoms with Crippen LogP contribution < -0.4 is 10.5 Å². The van der Waals surface area contributed by atoms with E-state index in [0.717, 1.165) is 0 Å². The molecule has 1 rings (SSSR count). The van der Waals surface area contributed by atoms with Crippen LogP contribution in [0.4, 0.5) is 40.8 Å². The number of anilines is 1. The lowest BCUT2D eigenvalue weighted by atomic mass is 9.94. The van der Waals surface area contributed by atoms with Gasteiger partial charge in [0, 0.05) is 5.56 Å². The van der Waals surface area contributed by atoms with Gasteiger partial charge in [0.1, 0.15) is 0 Å². The van der Waals surface area contributed by atoms with Crippen LogP contribution in [0.1, 0.15) is 5.56 Å². The summed E-state index contributed by atoms with van der Waals surface area (Å²) in [7, 11) is 0. The summed E-state index contributed by atoms with van der Waals surface area (Å²) in [6.45, 7) is -3.54. The Morgan fingerprint density at radius 2 is 1.59 bits per heavy atom. The van der Waals surface area contributed by atoms with E-state index in [0.29, 0.717) is 0 Å². The molecule has 0 radical (unpaired) electrons. The van der Waals surface area contributed by atoms with Crippen LogP contribution in [0, 0.1) is 0 Å². The summed E-state index contributed by atoms with van der Waals surface area (Å²) in [5.41, 5.74) is -2.59. The maximum Gasteiger partial charge on any atom is 0.433 e. The van der Waals surface area contributed by atoms with Gasteiger partial charge in [-0.3, -0.25) is 0 Å². The number of halogens is 10. The van der Waals surface area contributed by atoms with Crippen LogP contribution in [0.3, 0.4) is 0 Å². The minimum atomic E-state index is -6.10. The number of benzene rings is 1. The highest BCUT2D eigenvalue weighted by molar-refractivity contribution is 9.10. The highest BCUT2D eigenvalue weighted by Crippen LogP contribution is 2.56. The number of ether oxygens (including phenoxy) is 1. The Morgan fingerprint density at radius 1 is 1.09 bits per heavy atom. The number of rotatable bonds is 4. The van der Waals surface area contributed by atoms with Crippen LogP contribution >= 0.6 is 27.5 Å². The van der Waals surface area contributed by atoms with Crippen LogP contribution in [-0.4, -0.2) is 17.6 Å². The maximum atomic E-state index is 14.1. The molecule has 0 fully saturated rings. The molecule has 0 saturated carbocycles. The topological polar surface area (TPSA) is 35.2 Å². The van der Waals surface area contributed by atoms with Gasteiger partial charge >= 0.3 is 23.3 Å². The summed E-state index contributed by atoms with van der Waals surface area (Å²) < 4.78 is 107. The minimum absolute atomic E-state index is 0.0178. The van der Waals surface area contributed by atoms with E-state index >= 15 is 0 Å². The second-order valence-electron chi connectivity index (χ2n) is 3.90. The van der Waals surface area contributed by atoms with Gasteiger partial charge in [-0.15, -0.1) is 0 Å². The molecule has 0 aliphatic carbocycles.